The summed E-state index contributed by atoms with van der Waals surface area (Å²) >= 11 is 2.14. The Labute approximate surface area is 100 Å². The first-order valence-corrected chi connectivity index (χ1v) is 7.28. The maximum Gasteiger partial charge on any atom is 0.272 e. The molecule has 0 saturated heterocycles. The molecule has 0 radical (unpaired) electrons. The fourth-order valence-electron chi connectivity index (χ4n) is 1.01. The van der Waals surface area contributed by atoms with E-state index < -0.39 is 10.0 Å². The molecule has 0 bridgehead atoms. The van der Waals surface area contributed by atoms with E-state index in [4.69, 9.17) is 5.73 Å². The van der Waals surface area contributed by atoms with E-state index in [0.29, 0.717) is 11.5 Å². The minimum absolute atomic E-state index is 0.237. The number of rotatable bonds is 4. The molecule has 16 heavy (non-hydrogen) atoms. The number of aromatic nitrogens is 2. The fourth-order valence-corrected chi connectivity index (χ4v) is 3.93. The number of hydrogen-bond donors (Lipinski definition) is 2. The third-order valence-electron chi connectivity index (χ3n) is 1.70. The van der Waals surface area contributed by atoms with Crippen molar-refractivity contribution < 1.29 is 8.42 Å². The van der Waals surface area contributed by atoms with Gasteiger partial charge < -0.3 is 5.73 Å². The predicted molar refractivity (Wildman–Crippen MR) is 62.9 cm³/mol. The standard InChI is InChI=1S/C7H8N4O2S3/c8-3-5-1-2-7(14-5)16(12,13)10-6-4-9-11-15-6/h1-2,4,10H,3,8H2. The van der Waals surface area contributed by atoms with Gasteiger partial charge in [-0.3, -0.25) is 4.72 Å². The summed E-state index contributed by atoms with van der Waals surface area (Å²) in [5.41, 5.74) is 5.42. The molecule has 6 nitrogen and oxygen atoms in total. The van der Waals surface area contributed by atoms with Crippen LogP contribution in [-0.4, -0.2) is 18.0 Å². The lowest BCUT2D eigenvalue weighted by molar-refractivity contribution is 0.603. The maximum absolute atomic E-state index is 11.8. The lowest BCUT2D eigenvalue weighted by atomic mass is 10.5. The Balaban J connectivity index is 2.25. The van der Waals surface area contributed by atoms with Crippen molar-refractivity contribution in [2.24, 2.45) is 5.73 Å². The molecule has 3 N–H and O–H groups in total. The van der Waals surface area contributed by atoms with Crippen LogP contribution in [0.2, 0.25) is 0 Å². The van der Waals surface area contributed by atoms with Crippen LogP contribution >= 0.6 is 22.9 Å². The van der Waals surface area contributed by atoms with Crippen molar-refractivity contribution in [3.05, 3.63) is 23.2 Å². The Hall–Kier alpha value is -1.03. The van der Waals surface area contributed by atoms with Crippen LogP contribution in [-0.2, 0) is 16.6 Å². The Morgan fingerprint density at radius 2 is 2.25 bits per heavy atom. The topological polar surface area (TPSA) is 98.0 Å². The van der Waals surface area contributed by atoms with Crippen LogP contribution in [0.5, 0.6) is 0 Å². The summed E-state index contributed by atoms with van der Waals surface area (Å²) in [5, 5.41) is 3.94. The van der Waals surface area contributed by atoms with Gasteiger partial charge in [0, 0.05) is 23.0 Å². The zero-order valence-corrected chi connectivity index (χ0v) is 10.4. The van der Waals surface area contributed by atoms with Gasteiger partial charge in [-0.05, 0) is 12.1 Å². The third kappa shape index (κ3) is 2.38. The van der Waals surface area contributed by atoms with E-state index in [1.165, 1.54) is 12.3 Å². The van der Waals surface area contributed by atoms with E-state index in [-0.39, 0.29) is 4.21 Å². The van der Waals surface area contributed by atoms with Gasteiger partial charge in [-0.1, -0.05) is 4.49 Å². The smallest absolute Gasteiger partial charge is 0.272 e. The van der Waals surface area contributed by atoms with Gasteiger partial charge in [0.25, 0.3) is 10.0 Å². The van der Waals surface area contributed by atoms with Crippen LogP contribution < -0.4 is 10.5 Å². The third-order valence-corrected chi connectivity index (χ3v) is 5.37. The molecular weight excluding hydrogens is 268 g/mol. The summed E-state index contributed by atoms with van der Waals surface area (Å²) in [7, 11) is -3.53. The summed E-state index contributed by atoms with van der Waals surface area (Å²) in [6.45, 7) is 0.336. The molecular formula is C7H8N4O2S3. The molecule has 2 heterocycles. The maximum atomic E-state index is 11.8. The molecule has 2 rings (SSSR count). The molecule has 2 aromatic rings. The average molecular weight is 276 g/mol. The second-order valence-corrected chi connectivity index (χ2v) is 6.68. The second kappa shape index (κ2) is 4.45. The van der Waals surface area contributed by atoms with E-state index in [1.54, 1.807) is 6.07 Å². The van der Waals surface area contributed by atoms with E-state index in [1.807, 2.05) is 0 Å². The molecule has 0 aliphatic heterocycles. The summed E-state index contributed by atoms with van der Waals surface area (Å²) in [6.07, 6.45) is 1.36. The summed E-state index contributed by atoms with van der Waals surface area (Å²) in [6, 6.07) is 3.23. The molecule has 0 spiro atoms. The number of anilines is 1. The highest BCUT2D eigenvalue weighted by Crippen LogP contribution is 2.24. The van der Waals surface area contributed by atoms with E-state index in [9.17, 15) is 8.42 Å². The molecule has 0 fully saturated rings. The minimum Gasteiger partial charge on any atom is -0.326 e. The van der Waals surface area contributed by atoms with E-state index in [0.717, 1.165) is 27.7 Å². The molecule has 0 unspecified atom stereocenters. The number of hydrogen-bond acceptors (Lipinski definition) is 7. The van der Waals surface area contributed by atoms with Gasteiger partial charge in [0.05, 0.1) is 6.20 Å². The molecule has 2 aromatic heterocycles. The SMILES string of the molecule is NCc1ccc(S(=O)(=O)Nc2cnns2)s1. The Bertz CT molecular complexity index is 560. The molecule has 0 aliphatic carbocycles. The first kappa shape index (κ1) is 11.5. The highest BCUT2D eigenvalue weighted by molar-refractivity contribution is 7.94. The van der Waals surface area contributed by atoms with Crippen LogP contribution in [0.25, 0.3) is 0 Å². The van der Waals surface area contributed by atoms with Crippen molar-refractivity contribution in [1.29, 1.82) is 0 Å². The van der Waals surface area contributed by atoms with Crippen LogP contribution in [0.15, 0.2) is 22.5 Å². The lowest BCUT2D eigenvalue weighted by Gasteiger charge is -2.01. The van der Waals surface area contributed by atoms with Gasteiger partial charge in [0.15, 0.2) is 0 Å². The number of nitrogens with one attached hydrogen (secondary N) is 1. The Morgan fingerprint density at radius 1 is 1.44 bits per heavy atom. The number of thiophene rings is 1. The Kier molecular flexibility index (Phi) is 3.19. The van der Waals surface area contributed by atoms with Crippen LogP contribution in [0.4, 0.5) is 5.00 Å². The van der Waals surface area contributed by atoms with Gasteiger partial charge in [-0.2, -0.15) is 0 Å². The van der Waals surface area contributed by atoms with Crippen molar-refractivity contribution in [1.82, 2.24) is 9.59 Å². The van der Waals surface area contributed by atoms with E-state index in [2.05, 4.69) is 14.3 Å². The quantitative estimate of drug-likeness (QED) is 0.863. The largest absolute Gasteiger partial charge is 0.326 e. The van der Waals surface area contributed by atoms with Crippen LogP contribution in [0, 0.1) is 0 Å². The predicted octanol–water partition coefficient (Wildman–Crippen LogP) is 0.859. The highest BCUT2D eigenvalue weighted by Gasteiger charge is 2.17. The molecule has 86 valence electrons. The highest BCUT2D eigenvalue weighted by atomic mass is 32.2. The van der Waals surface area contributed by atoms with Gasteiger partial charge in [0.1, 0.15) is 9.21 Å². The minimum atomic E-state index is -3.53. The molecule has 0 amide bonds. The number of nitrogens with zero attached hydrogens (tertiary/aromatic N) is 2. The first-order chi connectivity index (χ1) is 7.62. The molecule has 0 aliphatic rings. The monoisotopic (exact) mass is 276 g/mol. The second-order valence-electron chi connectivity index (χ2n) is 2.81. The average Bonchev–Trinajstić information content (AvgIpc) is 2.85. The van der Waals surface area contributed by atoms with Gasteiger partial charge in [-0.25, -0.2) is 8.42 Å². The van der Waals surface area contributed by atoms with Crippen LogP contribution in [0.1, 0.15) is 4.88 Å². The summed E-state index contributed by atoms with van der Waals surface area (Å²) in [5.74, 6) is 0. The van der Waals surface area contributed by atoms with Gasteiger partial charge in [0.2, 0.25) is 0 Å². The Morgan fingerprint density at radius 3 is 2.81 bits per heavy atom. The van der Waals surface area contributed by atoms with Crippen molar-refractivity contribution in [3.63, 3.8) is 0 Å². The zero-order chi connectivity index (χ0) is 11.6. The summed E-state index contributed by atoms with van der Waals surface area (Å²) < 4.78 is 29.9. The zero-order valence-electron chi connectivity index (χ0n) is 7.95. The first-order valence-electron chi connectivity index (χ1n) is 4.21. The van der Waals surface area contributed by atoms with Crippen molar-refractivity contribution in [2.45, 2.75) is 10.8 Å². The molecule has 0 atom stereocenters. The van der Waals surface area contributed by atoms with Gasteiger partial charge in [-0.15, -0.1) is 16.4 Å². The number of sulfonamides is 1. The van der Waals surface area contributed by atoms with Crippen molar-refractivity contribution >= 4 is 37.9 Å². The number of nitrogens with two attached hydrogens (primary N) is 1. The summed E-state index contributed by atoms with van der Waals surface area (Å²) in [4.78, 5) is 0.822. The van der Waals surface area contributed by atoms with Crippen molar-refractivity contribution in [3.8, 4) is 0 Å². The fraction of sp³-hybridized carbons (Fsp3) is 0.143. The van der Waals surface area contributed by atoms with Gasteiger partial charge >= 0.3 is 0 Å². The molecule has 0 saturated carbocycles. The van der Waals surface area contributed by atoms with E-state index >= 15 is 0 Å². The normalized spacial score (nSPS) is 11.6. The molecule has 0 aromatic carbocycles. The lowest BCUT2D eigenvalue weighted by Crippen LogP contribution is -2.10. The molecule has 9 heteroatoms. The van der Waals surface area contributed by atoms with Crippen molar-refractivity contribution in [2.75, 3.05) is 4.72 Å². The van der Waals surface area contributed by atoms with Crippen LogP contribution in [0.3, 0.4) is 0 Å².